The van der Waals surface area contributed by atoms with Gasteiger partial charge in [-0.1, -0.05) is 28.1 Å². The molecule has 94 valence electrons. The van der Waals surface area contributed by atoms with Crippen molar-refractivity contribution in [2.75, 3.05) is 5.73 Å². The van der Waals surface area contributed by atoms with Crippen LogP contribution in [0.5, 0.6) is 0 Å². The molecule has 2 aromatic carbocycles. The minimum atomic E-state index is -0.824. The maximum atomic E-state index is 13.5. The van der Waals surface area contributed by atoms with Gasteiger partial charge in [-0.15, -0.1) is 11.8 Å². The topological polar surface area (TPSA) is 26.0 Å². The van der Waals surface area contributed by atoms with Crippen molar-refractivity contribution < 1.29 is 8.78 Å². The van der Waals surface area contributed by atoms with E-state index in [1.54, 1.807) is 12.1 Å². The maximum Gasteiger partial charge on any atom is 0.162 e. The zero-order chi connectivity index (χ0) is 13.1. The highest BCUT2D eigenvalue weighted by atomic mass is 79.9. The Bertz CT molecular complexity index is 573. The molecule has 2 aromatic rings. The zero-order valence-corrected chi connectivity index (χ0v) is 11.7. The number of anilines is 1. The van der Waals surface area contributed by atoms with Crippen LogP contribution in [0.15, 0.2) is 45.8 Å². The van der Waals surface area contributed by atoms with Gasteiger partial charge in [0, 0.05) is 26.4 Å². The third-order valence-electron chi connectivity index (χ3n) is 2.39. The van der Waals surface area contributed by atoms with E-state index in [0.717, 1.165) is 15.4 Å². The van der Waals surface area contributed by atoms with E-state index in [1.807, 2.05) is 12.1 Å². The summed E-state index contributed by atoms with van der Waals surface area (Å²) in [6.07, 6.45) is 0. The standard InChI is InChI=1S/C13H10BrF2NS/c14-9-4-5-11(17)12(6-9)18-7-8-2-1-3-10(15)13(8)16/h1-6H,7,17H2. The van der Waals surface area contributed by atoms with Gasteiger partial charge in [0.2, 0.25) is 0 Å². The number of hydrogen-bond donors (Lipinski definition) is 1. The molecule has 0 amide bonds. The lowest BCUT2D eigenvalue weighted by Crippen LogP contribution is -1.93. The molecule has 0 spiro atoms. The number of nitrogens with two attached hydrogens (primary N) is 1. The molecule has 0 aliphatic heterocycles. The maximum absolute atomic E-state index is 13.5. The third kappa shape index (κ3) is 3.03. The van der Waals surface area contributed by atoms with Crippen LogP contribution in [-0.4, -0.2) is 0 Å². The minimum absolute atomic E-state index is 0.333. The number of thioether (sulfide) groups is 1. The number of hydrogen-bond acceptors (Lipinski definition) is 2. The molecule has 0 fully saturated rings. The highest BCUT2D eigenvalue weighted by molar-refractivity contribution is 9.10. The molecule has 0 aromatic heterocycles. The Hall–Kier alpha value is -1.07. The van der Waals surface area contributed by atoms with Gasteiger partial charge in [0.15, 0.2) is 11.6 Å². The molecule has 0 aliphatic rings. The summed E-state index contributed by atoms with van der Waals surface area (Å²) in [4.78, 5) is 0.841. The fourth-order valence-corrected chi connectivity index (χ4v) is 2.94. The zero-order valence-electron chi connectivity index (χ0n) is 9.29. The summed E-state index contributed by atoms with van der Waals surface area (Å²) in [5.74, 6) is -1.28. The van der Waals surface area contributed by atoms with Crippen molar-refractivity contribution in [2.24, 2.45) is 0 Å². The Balaban J connectivity index is 2.16. The Morgan fingerprint density at radius 3 is 2.72 bits per heavy atom. The summed E-state index contributed by atoms with van der Waals surface area (Å²) in [7, 11) is 0. The van der Waals surface area contributed by atoms with Crippen molar-refractivity contribution >= 4 is 33.4 Å². The second-order valence-electron chi connectivity index (χ2n) is 3.68. The lowest BCUT2D eigenvalue weighted by atomic mass is 10.2. The summed E-state index contributed by atoms with van der Waals surface area (Å²) in [6, 6.07) is 9.64. The van der Waals surface area contributed by atoms with Crippen molar-refractivity contribution in [3.63, 3.8) is 0 Å². The molecule has 0 heterocycles. The molecular weight excluding hydrogens is 320 g/mol. The highest BCUT2D eigenvalue weighted by Gasteiger charge is 2.09. The van der Waals surface area contributed by atoms with Gasteiger partial charge in [-0.2, -0.15) is 0 Å². The van der Waals surface area contributed by atoms with E-state index in [2.05, 4.69) is 15.9 Å². The van der Waals surface area contributed by atoms with Crippen LogP contribution in [0, 0.1) is 11.6 Å². The van der Waals surface area contributed by atoms with Crippen LogP contribution in [-0.2, 0) is 5.75 Å². The predicted octanol–water partition coefficient (Wildman–Crippen LogP) is 4.60. The van der Waals surface area contributed by atoms with Gasteiger partial charge in [0.1, 0.15) is 0 Å². The van der Waals surface area contributed by atoms with Crippen LogP contribution in [0.4, 0.5) is 14.5 Å². The van der Waals surface area contributed by atoms with Gasteiger partial charge in [0.05, 0.1) is 0 Å². The summed E-state index contributed by atoms with van der Waals surface area (Å²) in [5, 5.41) is 0. The normalized spacial score (nSPS) is 10.6. The summed E-state index contributed by atoms with van der Waals surface area (Å²) in [5.41, 5.74) is 6.77. The summed E-state index contributed by atoms with van der Waals surface area (Å²) in [6.45, 7) is 0. The SMILES string of the molecule is Nc1ccc(Br)cc1SCc1cccc(F)c1F. The van der Waals surface area contributed by atoms with Crippen LogP contribution in [0.3, 0.4) is 0 Å². The smallest absolute Gasteiger partial charge is 0.162 e. The van der Waals surface area contributed by atoms with E-state index in [4.69, 9.17) is 5.73 Å². The molecule has 0 bridgehead atoms. The molecule has 5 heteroatoms. The van der Waals surface area contributed by atoms with Crippen LogP contribution < -0.4 is 5.73 Å². The van der Waals surface area contributed by atoms with Crippen LogP contribution in [0.2, 0.25) is 0 Å². The van der Waals surface area contributed by atoms with Crippen molar-refractivity contribution in [2.45, 2.75) is 10.6 Å². The molecule has 0 atom stereocenters. The second-order valence-corrected chi connectivity index (χ2v) is 5.62. The molecular formula is C13H10BrF2NS. The molecule has 1 nitrogen and oxygen atoms in total. The lowest BCUT2D eigenvalue weighted by molar-refractivity contribution is 0.502. The third-order valence-corrected chi connectivity index (χ3v) is 4.00. The number of benzene rings is 2. The van der Waals surface area contributed by atoms with Crippen LogP contribution >= 0.6 is 27.7 Å². The van der Waals surface area contributed by atoms with Crippen LogP contribution in [0.1, 0.15) is 5.56 Å². The molecule has 2 N–H and O–H groups in total. The van der Waals surface area contributed by atoms with Crippen LogP contribution in [0.25, 0.3) is 0 Å². The predicted molar refractivity (Wildman–Crippen MR) is 74.5 cm³/mol. The fraction of sp³-hybridized carbons (Fsp3) is 0.0769. The molecule has 0 aliphatic carbocycles. The first-order valence-electron chi connectivity index (χ1n) is 5.18. The van der Waals surface area contributed by atoms with Crippen molar-refractivity contribution in [1.82, 2.24) is 0 Å². The number of nitrogen functional groups attached to an aromatic ring is 1. The van der Waals surface area contributed by atoms with Gasteiger partial charge in [-0.05, 0) is 24.3 Å². The van der Waals surface area contributed by atoms with E-state index < -0.39 is 11.6 Å². The molecule has 0 radical (unpaired) electrons. The van der Waals surface area contributed by atoms with Crippen molar-refractivity contribution in [3.8, 4) is 0 Å². The van der Waals surface area contributed by atoms with E-state index >= 15 is 0 Å². The van der Waals surface area contributed by atoms with Crippen molar-refractivity contribution in [1.29, 1.82) is 0 Å². The Morgan fingerprint density at radius 1 is 1.17 bits per heavy atom. The molecule has 2 rings (SSSR count). The van der Waals surface area contributed by atoms with Crippen molar-refractivity contribution in [3.05, 3.63) is 58.1 Å². The summed E-state index contributed by atoms with van der Waals surface area (Å²) >= 11 is 4.72. The van der Waals surface area contributed by atoms with E-state index in [9.17, 15) is 8.78 Å². The highest BCUT2D eigenvalue weighted by Crippen LogP contribution is 2.31. The second kappa shape index (κ2) is 5.71. The van der Waals surface area contributed by atoms with Gasteiger partial charge in [0.25, 0.3) is 0 Å². The molecule has 0 saturated carbocycles. The molecule has 0 unspecified atom stereocenters. The first kappa shape index (κ1) is 13.4. The monoisotopic (exact) mass is 329 g/mol. The van der Waals surface area contributed by atoms with E-state index in [-0.39, 0.29) is 0 Å². The Kier molecular flexibility index (Phi) is 4.24. The lowest BCUT2D eigenvalue weighted by Gasteiger charge is -2.07. The van der Waals surface area contributed by atoms with Gasteiger partial charge in [-0.3, -0.25) is 0 Å². The van der Waals surface area contributed by atoms with E-state index in [0.29, 0.717) is 17.0 Å². The average molecular weight is 330 g/mol. The Labute approximate surface area is 117 Å². The molecule has 0 saturated heterocycles. The first-order chi connectivity index (χ1) is 8.58. The van der Waals surface area contributed by atoms with Gasteiger partial charge < -0.3 is 5.73 Å². The average Bonchev–Trinajstić information content (AvgIpc) is 2.35. The molecule has 18 heavy (non-hydrogen) atoms. The largest absolute Gasteiger partial charge is 0.398 e. The first-order valence-corrected chi connectivity index (χ1v) is 6.96. The quantitative estimate of drug-likeness (QED) is 0.657. The van der Waals surface area contributed by atoms with E-state index in [1.165, 1.54) is 17.8 Å². The minimum Gasteiger partial charge on any atom is -0.398 e. The van der Waals surface area contributed by atoms with Gasteiger partial charge >= 0.3 is 0 Å². The Morgan fingerprint density at radius 2 is 1.94 bits per heavy atom. The van der Waals surface area contributed by atoms with Gasteiger partial charge in [-0.25, -0.2) is 8.78 Å². The number of rotatable bonds is 3. The number of halogens is 3. The fourth-order valence-electron chi connectivity index (χ4n) is 1.45. The summed E-state index contributed by atoms with van der Waals surface area (Å²) < 4.78 is 27.4.